The van der Waals surface area contributed by atoms with Gasteiger partial charge >= 0.3 is 0 Å². The zero-order valence-corrected chi connectivity index (χ0v) is 12.9. The van der Waals surface area contributed by atoms with Gasteiger partial charge in [-0.1, -0.05) is 24.0 Å². The van der Waals surface area contributed by atoms with Gasteiger partial charge in [-0.3, -0.25) is 4.79 Å². The molecule has 0 radical (unpaired) electrons. The summed E-state index contributed by atoms with van der Waals surface area (Å²) in [6.45, 7) is 1.82. The third-order valence-electron chi connectivity index (χ3n) is 2.65. The molecule has 1 aromatic carbocycles. The molecule has 5 nitrogen and oxygen atoms in total. The predicted molar refractivity (Wildman–Crippen MR) is 81.3 cm³/mol. The van der Waals surface area contributed by atoms with E-state index in [-0.39, 0.29) is 12.6 Å². The topological polar surface area (TPSA) is 83.5 Å². The normalized spacial score (nSPS) is 12.1. The van der Waals surface area contributed by atoms with Gasteiger partial charge in [-0.25, -0.2) is 8.42 Å². The van der Waals surface area contributed by atoms with Crippen LogP contribution in [-0.4, -0.2) is 38.0 Å². The molecular weight excluding hydrogens is 290 g/mol. The van der Waals surface area contributed by atoms with Crippen LogP contribution in [0.25, 0.3) is 0 Å². The Morgan fingerprint density at radius 3 is 2.48 bits per heavy atom. The Morgan fingerprint density at radius 2 is 1.95 bits per heavy atom. The molecule has 0 aromatic heterocycles. The van der Waals surface area contributed by atoms with Crippen LogP contribution >= 0.6 is 0 Å². The molecule has 0 aliphatic heterocycles. The van der Waals surface area contributed by atoms with E-state index in [0.29, 0.717) is 6.42 Å². The van der Waals surface area contributed by atoms with Crippen molar-refractivity contribution in [3.05, 3.63) is 35.4 Å². The second-order valence-electron chi connectivity index (χ2n) is 4.76. The molecule has 0 aliphatic rings. The number of carbonyl (C=O) groups is 1. The Hall–Kier alpha value is -1.84. The van der Waals surface area contributed by atoms with E-state index in [4.69, 9.17) is 5.11 Å². The fraction of sp³-hybridized carbons (Fsp3) is 0.400. The average molecular weight is 309 g/mol. The highest BCUT2D eigenvalue weighted by Gasteiger charge is 2.14. The summed E-state index contributed by atoms with van der Waals surface area (Å²) in [6, 6.07) is 7.01. The van der Waals surface area contributed by atoms with Crippen molar-refractivity contribution >= 4 is 15.7 Å². The highest BCUT2D eigenvalue weighted by atomic mass is 32.2. The molecule has 0 heterocycles. The molecule has 1 atom stereocenters. The number of amides is 1. The van der Waals surface area contributed by atoms with Gasteiger partial charge in [-0.2, -0.15) is 0 Å². The molecule has 1 rings (SSSR count). The molecule has 0 spiro atoms. The molecule has 0 fully saturated rings. The van der Waals surface area contributed by atoms with Crippen LogP contribution in [0.5, 0.6) is 0 Å². The second kappa shape index (κ2) is 7.81. The minimum atomic E-state index is -3.32. The van der Waals surface area contributed by atoms with Crippen LogP contribution in [0.4, 0.5) is 0 Å². The summed E-state index contributed by atoms with van der Waals surface area (Å²) < 4.78 is 22.1. The first-order valence-corrected chi connectivity index (χ1v) is 8.54. The lowest BCUT2D eigenvalue weighted by atomic mass is 10.1. The smallest absolute Gasteiger partial charge is 0.235 e. The van der Waals surface area contributed by atoms with Crippen molar-refractivity contribution in [3.63, 3.8) is 0 Å². The molecule has 0 bridgehead atoms. The lowest BCUT2D eigenvalue weighted by Crippen LogP contribution is -2.32. The highest BCUT2D eigenvalue weighted by molar-refractivity contribution is 7.91. The van der Waals surface area contributed by atoms with Crippen LogP contribution in [0.3, 0.4) is 0 Å². The first-order chi connectivity index (χ1) is 9.81. The Kier molecular flexibility index (Phi) is 6.40. The Labute approximate surface area is 125 Å². The predicted octanol–water partition coefficient (Wildman–Crippen LogP) is 0.642. The molecule has 0 aliphatic carbocycles. The number of rotatable bonds is 5. The SMILES string of the molecule is CC(NC(=O)CS(C)(=O)=O)c1ccc(C#CCCO)cc1. The standard InChI is InChI=1S/C15H19NO4S/c1-12(16-15(18)11-21(2,19)20)14-8-6-13(7-9-14)5-3-4-10-17/h6-9,12,17H,4,10-11H2,1-2H3,(H,16,18). The van der Waals surface area contributed by atoms with Crippen LogP contribution in [0.2, 0.25) is 0 Å². The number of aliphatic hydroxyl groups is 1. The summed E-state index contributed by atoms with van der Waals surface area (Å²) >= 11 is 0. The number of nitrogens with one attached hydrogen (secondary N) is 1. The molecule has 0 saturated carbocycles. The largest absolute Gasteiger partial charge is 0.395 e. The van der Waals surface area contributed by atoms with Crippen molar-refractivity contribution in [1.29, 1.82) is 0 Å². The van der Waals surface area contributed by atoms with Gasteiger partial charge in [0, 0.05) is 18.2 Å². The monoisotopic (exact) mass is 309 g/mol. The van der Waals surface area contributed by atoms with Gasteiger partial charge in [0.25, 0.3) is 0 Å². The Bertz CT molecular complexity index is 638. The molecule has 1 amide bonds. The minimum absolute atomic E-state index is 0.0362. The van der Waals surface area contributed by atoms with Crippen LogP contribution in [0.1, 0.15) is 30.5 Å². The van der Waals surface area contributed by atoms with E-state index < -0.39 is 21.5 Å². The number of sulfone groups is 1. The summed E-state index contributed by atoms with van der Waals surface area (Å²) in [5, 5.41) is 11.3. The van der Waals surface area contributed by atoms with Gasteiger partial charge in [0.15, 0.2) is 9.84 Å². The Balaban J connectivity index is 2.65. The molecule has 0 saturated heterocycles. The van der Waals surface area contributed by atoms with Crippen LogP contribution in [0, 0.1) is 11.8 Å². The highest BCUT2D eigenvalue weighted by Crippen LogP contribution is 2.13. The van der Waals surface area contributed by atoms with E-state index in [2.05, 4.69) is 17.2 Å². The lowest BCUT2D eigenvalue weighted by Gasteiger charge is -2.14. The second-order valence-corrected chi connectivity index (χ2v) is 6.90. The van der Waals surface area contributed by atoms with Gasteiger partial charge in [0.1, 0.15) is 5.75 Å². The molecule has 1 aromatic rings. The van der Waals surface area contributed by atoms with Crippen molar-refractivity contribution < 1.29 is 18.3 Å². The van der Waals surface area contributed by atoms with Gasteiger partial charge in [-0.05, 0) is 24.6 Å². The summed E-state index contributed by atoms with van der Waals surface area (Å²) in [5.74, 6) is 4.70. The minimum Gasteiger partial charge on any atom is -0.395 e. The van der Waals surface area contributed by atoms with E-state index in [9.17, 15) is 13.2 Å². The van der Waals surface area contributed by atoms with Crippen molar-refractivity contribution in [2.75, 3.05) is 18.6 Å². The summed E-state index contributed by atoms with van der Waals surface area (Å²) in [6.07, 6.45) is 1.46. The number of aliphatic hydroxyl groups excluding tert-OH is 1. The van der Waals surface area contributed by atoms with E-state index in [1.807, 2.05) is 24.3 Å². The van der Waals surface area contributed by atoms with Crippen LogP contribution in [-0.2, 0) is 14.6 Å². The van der Waals surface area contributed by atoms with Gasteiger partial charge < -0.3 is 10.4 Å². The maximum absolute atomic E-state index is 11.5. The number of benzene rings is 1. The molecule has 2 N–H and O–H groups in total. The molecule has 21 heavy (non-hydrogen) atoms. The zero-order chi connectivity index (χ0) is 15.9. The fourth-order valence-corrected chi connectivity index (χ4v) is 2.24. The van der Waals surface area contributed by atoms with E-state index >= 15 is 0 Å². The average Bonchev–Trinajstić information content (AvgIpc) is 2.37. The van der Waals surface area contributed by atoms with Crippen LogP contribution in [0.15, 0.2) is 24.3 Å². The summed E-state index contributed by atoms with van der Waals surface area (Å²) in [7, 11) is -3.32. The van der Waals surface area contributed by atoms with Crippen molar-refractivity contribution in [1.82, 2.24) is 5.32 Å². The summed E-state index contributed by atoms with van der Waals surface area (Å²) in [5.41, 5.74) is 1.69. The Morgan fingerprint density at radius 1 is 1.33 bits per heavy atom. The van der Waals surface area contributed by atoms with Crippen LogP contribution < -0.4 is 5.32 Å². The number of carbonyl (C=O) groups excluding carboxylic acids is 1. The number of hydrogen-bond acceptors (Lipinski definition) is 4. The van der Waals surface area contributed by atoms with Crippen molar-refractivity contribution in [3.8, 4) is 11.8 Å². The van der Waals surface area contributed by atoms with E-state index in [1.54, 1.807) is 6.92 Å². The maximum Gasteiger partial charge on any atom is 0.235 e. The van der Waals surface area contributed by atoms with Gasteiger partial charge in [-0.15, -0.1) is 0 Å². The molecule has 1 unspecified atom stereocenters. The van der Waals surface area contributed by atoms with Gasteiger partial charge in [0.05, 0.1) is 12.6 Å². The van der Waals surface area contributed by atoms with Gasteiger partial charge in [0.2, 0.25) is 5.91 Å². The zero-order valence-electron chi connectivity index (χ0n) is 12.1. The quantitative estimate of drug-likeness (QED) is 0.782. The van der Waals surface area contributed by atoms with Crippen molar-refractivity contribution in [2.45, 2.75) is 19.4 Å². The van der Waals surface area contributed by atoms with E-state index in [0.717, 1.165) is 17.4 Å². The first kappa shape index (κ1) is 17.2. The third-order valence-corrected chi connectivity index (χ3v) is 3.44. The first-order valence-electron chi connectivity index (χ1n) is 6.48. The molecular formula is C15H19NO4S. The number of hydrogen-bond donors (Lipinski definition) is 2. The summed E-state index contributed by atoms with van der Waals surface area (Å²) in [4.78, 5) is 11.5. The molecule has 114 valence electrons. The lowest BCUT2D eigenvalue weighted by molar-refractivity contribution is -0.119. The maximum atomic E-state index is 11.5. The fourth-order valence-electron chi connectivity index (χ4n) is 1.68. The van der Waals surface area contributed by atoms with Crippen molar-refractivity contribution in [2.24, 2.45) is 0 Å². The van der Waals surface area contributed by atoms with E-state index in [1.165, 1.54) is 0 Å². The molecule has 6 heteroatoms. The third kappa shape index (κ3) is 6.93.